The highest BCUT2D eigenvalue weighted by Crippen LogP contribution is 2.52. The highest BCUT2D eigenvalue weighted by Gasteiger charge is 2.55. The molecule has 5 unspecified atom stereocenters. The van der Waals surface area contributed by atoms with Crippen LogP contribution in [0.1, 0.15) is 80.6 Å². The monoisotopic (exact) mass is 430 g/mol. The molecule has 0 heterocycles. The minimum absolute atomic E-state index is 0.111. The lowest BCUT2D eigenvalue weighted by Crippen LogP contribution is -2.44. The van der Waals surface area contributed by atoms with E-state index in [0.29, 0.717) is 35.8 Å². The van der Waals surface area contributed by atoms with Crippen molar-refractivity contribution in [1.82, 2.24) is 0 Å². The second kappa shape index (κ2) is 11.6. The molecule has 27 heavy (non-hydrogen) atoms. The molecule has 0 amide bonds. The molecule has 0 aliphatic rings. The molecule has 164 valence electrons. The van der Waals surface area contributed by atoms with Gasteiger partial charge in [-0.2, -0.15) is 24.9 Å². The number of hydrogen-bond acceptors (Lipinski definition) is 1. The van der Waals surface area contributed by atoms with Crippen LogP contribution in [0.5, 0.6) is 0 Å². The van der Waals surface area contributed by atoms with E-state index >= 15 is 0 Å². The molecule has 0 radical (unpaired) electrons. The van der Waals surface area contributed by atoms with E-state index in [1.165, 1.54) is 11.8 Å². The number of rotatable bonds is 12. The summed E-state index contributed by atoms with van der Waals surface area (Å²) in [4.78, 5) is 0. The van der Waals surface area contributed by atoms with Crippen LogP contribution in [0.25, 0.3) is 0 Å². The van der Waals surface area contributed by atoms with Crippen LogP contribution >= 0.6 is 23.4 Å². The molecule has 0 aromatic heterocycles. The van der Waals surface area contributed by atoms with Crippen LogP contribution in [0.2, 0.25) is 0 Å². The first-order valence-electron chi connectivity index (χ1n) is 10.4. The van der Waals surface area contributed by atoms with Crippen molar-refractivity contribution in [1.29, 1.82) is 0 Å². The van der Waals surface area contributed by atoms with Gasteiger partial charge < -0.3 is 0 Å². The van der Waals surface area contributed by atoms with Crippen molar-refractivity contribution >= 4 is 23.4 Å². The third kappa shape index (κ3) is 7.32. The summed E-state index contributed by atoms with van der Waals surface area (Å²) >= 11 is 7.80. The average Bonchev–Trinajstić information content (AvgIpc) is 2.55. The molecule has 0 rings (SSSR count). The van der Waals surface area contributed by atoms with Crippen LogP contribution in [0.4, 0.5) is 13.2 Å². The Hall–Kier alpha value is 0.430. The molecule has 0 aromatic rings. The van der Waals surface area contributed by atoms with Crippen molar-refractivity contribution in [2.75, 3.05) is 17.9 Å². The number of halogens is 4. The first-order chi connectivity index (χ1) is 12.3. The summed E-state index contributed by atoms with van der Waals surface area (Å²) in [5.74, 6) is 2.01. The molecule has 5 heteroatoms. The van der Waals surface area contributed by atoms with Gasteiger partial charge in [-0.1, -0.05) is 61.3 Å². The molecule has 0 fully saturated rings. The van der Waals surface area contributed by atoms with Gasteiger partial charge in [0.25, 0.3) is 0 Å². The van der Waals surface area contributed by atoms with Crippen molar-refractivity contribution in [3.8, 4) is 0 Å². The Morgan fingerprint density at radius 2 is 1.56 bits per heavy atom. The van der Waals surface area contributed by atoms with Gasteiger partial charge in [-0.3, -0.25) is 0 Å². The maximum absolute atomic E-state index is 14.0. The smallest absolute Gasteiger partial charge is 0.170 e. The van der Waals surface area contributed by atoms with Crippen LogP contribution in [0.3, 0.4) is 0 Å². The van der Waals surface area contributed by atoms with Gasteiger partial charge in [-0.05, 0) is 60.4 Å². The van der Waals surface area contributed by atoms with E-state index in [4.69, 9.17) is 11.6 Å². The number of thioether (sulfide) groups is 1. The summed E-state index contributed by atoms with van der Waals surface area (Å²) in [5.41, 5.74) is -1.45. The topological polar surface area (TPSA) is 0 Å². The van der Waals surface area contributed by atoms with Gasteiger partial charge in [0.1, 0.15) is 0 Å². The first kappa shape index (κ1) is 27.4. The van der Waals surface area contributed by atoms with Gasteiger partial charge in [0.05, 0.1) is 5.41 Å². The van der Waals surface area contributed by atoms with Gasteiger partial charge in [0.2, 0.25) is 0 Å². The van der Waals surface area contributed by atoms with Gasteiger partial charge in [0, 0.05) is 5.88 Å². The highest BCUT2D eigenvalue weighted by molar-refractivity contribution is 7.98. The fourth-order valence-corrected chi connectivity index (χ4v) is 6.01. The molecule has 0 saturated heterocycles. The van der Waals surface area contributed by atoms with E-state index in [-0.39, 0.29) is 24.2 Å². The van der Waals surface area contributed by atoms with E-state index in [1.807, 2.05) is 13.2 Å². The van der Waals surface area contributed by atoms with Crippen molar-refractivity contribution < 1.29 is 13.2 Å². The molecule has 0 aliphatic heterocycles. The quantitative estimate of drug-likeness (QED) is 0.279. The largest absolute Gasteiger partial charge is 0.394 e. The molecule has 0 N–H and O–H groups in total. The van der Waals surface area contributed by atoms with Gasteiger partial charge in [-0.15, -0.1) is 11.6 Å². The van der Waals surface area contributed by atoms with Gasteiger partial charge in [0.15, 0.2) is 0 Å². The van der Waals surface area contributed by atoms with Crippen LogP contribution in [0, 0.1) is 34.5 Å². The highest BCUT2D eigenvalue weighted by atomic mass is 35.5. The average molecular weight is 431 g/mol. The minimum atomic E-state index is -4.14. The minimum Gasteiger partial charge on any atom is -0.170 e. The van der Waals surface area contributed by atoms with E-state index in [1.54, 1.807) is 6.92 Å². The van der Waals surface area contributed by atoms with Gasteiger partial charge >= 0.3 is 6.18 Å². The Morgan fingerprint density at radius 3 is 1.89 bits per heavy atom. The van der Waals surface area contributed by atoms with Crippen molar-refractivity contribution in [3.63, 3.8) is 0 Å². The lowest BCUT2D eigenvalue weighted by Gasteiger charge is -2.42. The zero-order valence-corrected chi connectivity index (χ0v) is 20.3. The fraction of sp³-hybridized carbons (Fsp3) is 1.00. The maximum atomic E-state index is 14.0. The third-order valence-electron chi connectivity index (χ3n) is 6.94. The van der Waals surface area contributed by atoms with E-state index in [9.17, 15) is 13.2 Å². The van der Waals surface area contributed by atoms with Crippen molar-refractivity contribution in [3.05, 3.63) is 0 Å². The molecular formula is C22H42ClF3S. The predicted octanol–water partition coefficient (Wildman–Crippen LogP) is 8.68. The zero-order chi connectivity index (χ0) is 21.5. The van der Waals surface area contributed by atoms with E-state index in [0.717, 1.165) is 12.8 Å². The van der Waals surface area contributed by atoms with Crippen molar-refractivity contribution in [2.45, 2.75) is 86.7 Å². The van der Waals surface area contributed by atoms with Gasteiger partial charge in [-0.25, -0.2) is 0 Å². The van der Waals surface area contributed by atoms with Crippen molar-refractivity contribution in [2.24, 2.45) is 34.5 Å². The number of hydrogen-bond donors (Lipinski definition) is 0. The normalized spacial score (nSPS) is 20.0. The Morgan fingerprint density at radius 1 is 1.00 bits per heavy atom. The van der Waals surface area contributed by atoms with Crippen LogP contribution in [-0.2, 0) is 0 Å². The molecule has 0 aromatic carbocycles. The Kier molecular flexibility index (Phi) is 11.8. The lowest BCUT2D eigenvalue weighted by molar-refractivity contribution is -0.245. The molecule has 5 atom stereocenters. The predicted molar refractivity (Wildman–Crippen MR) is 117 cm³/mol. The molecular weight excluding hydrogens is 389 g/mol. The maximum Gasteiger partial charge on any atom is 0.394 e. The SMILES string of the molecule is CCC(C(C)CCC(C)C(CC)(CCSC)C(F)(F)F)C(CCl)C(C)(C)C. The summed E-state index contributed by atoms with van der Waals surface area (Å²) in [6.07, 6.45) is 0.597. The Balaban J connectivity index is 5.27. The third-order valence-corrected chi connectivity index (χ3v) is 7.89. The Labute approximate surface area is 175 Å². The standard InChI is InChI=1S/C22H42ClF3S/c1-9-18(19(15-23)20(5,6)7)16(3)11-12-17(4)21(10-2,13-14-27-8)22(24,25)26/h16-19H,9-15H2,1-8H3. The second-order valence-electron chi connectivity index (χ2n) is 9.40. The zero-order valence-electron chi connectivity index (χ0n) is 18.7. The van der Waals surface area contributed by atoms with Crippen LogP contribution < -0.4 is 0 Å². The molecule has 0 aliphatic carbocycles. The van der Waals surface area contributed by atoms with Crippen LogP contribution in [0.15, 0.2) is 0 Å². The Bertz CT molecular complexity index is 405. The first-order valence-corrected chi connectivity index (χ1v) is 12.4. The summed E-state index contributed by atoms with van der Waals surface area (Å²) < 4.78 is 42.0. The number of alkyl halides is 4. The molecule has 0 nitrogen and oxygen atoms in total. The molecule has 0 bridgehead atoms. The summed E-state index contributed by atoms with van der Waals surface area (Å²) in [7, 11) is 0. The summed E-state index contributed by atoms with van der Waals surface area (Å²) in [6.45, 7) is 14.5. The van der Waals surface area contributed by atoms with E-state index in [2.05, 4.69) is 34.6 Å². The molecule has 0 saturated carbocycles. The summed E-state index contributed by atoms with van der Waals surface area (Å²) in [6, 6.07) is 0. The second-order valence-corrected chi connectivity index (χ2v) is 10.7. The summed E-state index contributed by atoms with van der Waals surface area (Å²) in [5, 5.41) is 0. The lowest BCUT2D eigenvalue weighted by atomic mass is 9.66. The molecule has 0 spiro atoms. The van der Waals surface area contributed by atoms with E-state index < -0.39 is 11.6 Å². The fourth-order valence-electron chi connectivity index (χ4n) is 4.75. The van der Waals surface area contributed by atoms with Crippen LogP contribution in [-0.4, -0.2) is 24.1 Å².